The van der Waals surface area contributed by atoms with Gasteiger partial charge in [-0.3, -0.25) is 19.2 Å². The van der Waals surface area contributed by atoms with Crippen LogP contribution in [0.15, 0.2) is 48.8 Å². The van der Waals surface area contributed by atoms with E-state index < -0.39 is 17.7 Å². The van der Waals surface area contributed by atoms with Crippen molar-refractivity contribution in [2.45, 2.75) is 38.3 Å². The van der Waals surface area contributed by atoms with Crippen molar-refractivity contribution in [3.05, 3.63) is 75.6 Å². The number of carbonyl (C=O) groups excluding carboxylic acids is 2. The second kappa shape index (κ2) is 13.2. The molecule has 4 aromatic rings. The second-order valence-corrected chi connectivity index (χ2v) is 11.8. The zero-order valence-corrected chi connectivity index (χ0v) is 25.3. The molecule has 1 unspecified atom stereocenters. The van der Waals surface area contributed by atoms with Crippen molar-refractivity contribution in [2.75, 3.05) is 30.4 Å². The topological polar surface area (TPSA) is 117 Å². The molecule has 1 atom stereocenters. The molecule has 1 aliphatic heterocycles. The van der Waals surface area contributed by atoms with E-state index in [4.69, 9.17) is 21.5 Å². The molecule has 2 aromatic carbocycles. The van der Waals surface area contributed by atoms with Crippen LogP contribution in [0.2, 0.25) is 5.02 Å². The standard InChI is InChI=1S/C30H31ClFN5O5S/c1-35-17-22(21-6-3-4-7-26(21)35)29(41)34-25-14-24(32)18(13-23(25)31)12-19(38)16-37(42-2)27-8-5-11-36(27)30-33-15-20(43-30)9-10-28(39)40/h3-4,6-7,13-15,17,27H,5,8-12,16H2,1-2H3,(H,34,41)(H,39,40). The van der Waals surface area contributed by atoms with Gasteiger partial charge < -0.3 is 19.9 Å². The summed E-state index contributed by atoms with van der Waals surface area (Å²) in [5.74, 6) is -2.23. The number of para-hydroxylation sites is 1. The summed E-state index contributed by atoms with van der Waals surface area (Å²) in [4.78, 5) is 50.0. The van der Waals surface area contributed by atoms with Gasteiger partial charge in [-0.15, -0.1) is 11.3 Å². The number of rotatable bonds is 12. The number of hydrogen-bond acceptors (Lipinski definition) is 8. The average Bonchev–Trinajstić information content (AvgIpc) is 3.72. The predicted molar refractivity (Wildman–Crippen MR) is 163 cm³/mol. The molecule has 43 heavy (non-hydrogen) atoms. The smallest absolute Gasteiger partial charge is 0.303 e. The summed E-state index contributed by atoms with van der Waals surface area (Å²) in [5.41, 5.74) is 1.54. The van der Waals surface area contributed by atoms with Crippen LogP contribution in [0.5, 0.6) is 0 Å². The first-order valence-corrected chi connectivity index (χ1v) is 14.9. The third-order valence-electron chi connectivity index (χ3n) is 7.41. The number of aromatic nitrogens is 2. The van der Waals surface area contributed by atoms with Crippen LogP contribution in [0, 0.1) is 5.82 Å². The van der Waals surface area contributed by atoms with Crippen LogP contribution in [0.4, 0.5) is 15.2 Å². The summed E-state index contributed by atoms with van der Waals surface area (Å²) in [5, 5.41) is 14.8. The number of Topliss-reactive ketones (excluding diaryl/α,β-unsaturated/α-hetero) is 1. The Kier molecular flexibility index (Phi) is 9.40. The number of halogens is 2. The first-order chi connectivity index (χ1) is 20.6. The van der Waals surface area contributed by atoms with Gasteiger partial charge >= 0.3 is 5.97 Å². The van der Waals surface area contributed by atoms with Crippen LogP contribution in [0.1, 0.15) is 40.1 Å². The van der Waals surface area contributed by atoms with E-state index in [0.717, 1.165) is 39.8 Å². The number of aryl methyl sites for hydroxylation is 2. The maximum Gasteiger partial charge on any atom is 0.303 e. The molecule has 2 N–H and O–H groups in total. The lowest BCUT2D eigenvalue weighted by atomic mass is 10.1. The molecule has 10 nitrogen and oxygen atoms in total. The van der Waals surface area contributed by atoms with Crippen molar-refractivity contribution in [1.82, 2.24) is 14.6 Å². The van der Waals surface area contributed by atoms with E-state index in [-0.39, 0.29) is 47.6 Å². The van der Waals surface area contributed by atoms with Gasteiger partial charge in [0.25, 0.3) is 5.91 Å². The minimum atomic E-state index is -0.865. The summed E-state index contributed by atoms with van der Waals surface area (Å²) in [7, 11) is 3.32. The van der Waals surface area contributed by atoms with Gasteiger partial charge in [0.1, 0.15) is 12.0 Å². The van der Waals surface area contributed by atoms with Crippen molar-refractivity contribution in [3.63, 3.8) is 0 Å². The van der Waals surface area contributed by atoms with Crippen LogP contribution in [-0.4, -0.2) is 63.7 Å². The zero-order chi connectivity index (χ0) is 30.7. The number of aliphatic carboxylic acids is 1. The molecule has 13 heteroatoms. The number of carboxylic acids is 1. The summed E-state index contributed by atoms with van der Waals surface area (Å²) >= 11 is 7.85. The molecule has 0 aliphatic carbocycles. The lowest BCUT2D eigenvalue weighted by Gasteiger charge is -2.32. The maximum atomic E-state index is 15.2. The van der Waals surface area contributed by atoms with E-state index >= 15 is 4.39 Å². The first-order valence-electron chi connectivity index (χ1n) is 13.7. The number of nitrogens with one attached hydrogen (secondary N) is 1. The zero-order valence-electron chi connectivity index (χ0n) is 23.7. The monoisotopic (exact) mass is 627 g/mol. The third kappa shape index (κ3) is 6.88. The number of benzene rings is 2. The molecule has 1 amide bonds. The highest BCUT2D eigenvalue weighted by molar-refractivity contribution is 7.15. The normalized spacial score (nSPS) is 15.0. The molecule has 0 radical (unpaired) electrons. The van der Waals surface area contributed by atoms with E-state index in [9.17, 15) is 14.4 Å². The number of amides is 1. The Morgan fingerprint density at radius 3 is 2.84 bits per heavy atom. The summed E-state index contributed by atoms with van der Waals surface area (Å²) in [6.07, 6.45) is 4.94. The minimum Gasteiger partial charge on any atom is -0.481 e. The van der Waals surface area contributed by atoms with Crippen LogP contribution >= 0.6 is 22.9 Å². The molecular formula is C30H31ClFN5O5S. The molecule has 2 aromatic heterocycles. The Morgan fingerprint density at radius 2 is 2.07 bits per heavy atom. The Hall–Kier alpha value is -3.84. The van der Waals surface area contributed by atoms with Gasteiger partial charge in [0.05, 0.1) is 36.3 Å². The molecule has 1 aliphatic rings. The molecular weight excluding hydrogens is 597 g/mol. The highest BCUT2D eigenvalue weighted by Gasteiger charge is 2.33. The number of ketones is 1. The van der Waals surface area contributed by atoms with Crippen LogP contribution in [-0.2, 0) is 34.3 Å². The highest BCUT2D eigenvalue weighted by atomic mass is 35.5. The average molecular weight is 628 g/mol. The van der Waals surface area contributed by atoms with Crippen molar-refractivity contribution < 1.29 is 28.7 Å². The van der Waals surface area contributed by atoms with Gasteiger partial charge in [0.2, 0.25) is 0 Å². The van der Waals surface area contributed by atoms with Gasteiger partial charge in [0, 0.05) is 48.2 Å². The lowest BCUT2D eigenvalue weighted by Crippen LogP contribution is -2.46. The van der Waals surface area contributed by atoms with E-state index in [1.54, 1.807) is 17.5 Å². The number of anilines is 2. The van der Waals surface area contributed by atoms with Gasteiger partial charge in [-0.25, -0.2) is 9.37 Å². The Morgan fingerprint density at radius 1 is 1.28 bits per heavy atom. The van der Waals surface area contributed by atoms with Crippen molar-refractivity contribution in [3.8, 4) is 0 Å². The Balaban J connectivity index is 1.23. The SMILES string of the molecule is CON(CC(=O)Cc1cc(Cl)c(NC(=O)c2cn(C)c3ccccc23)cc1F)C1CCCN1c1ncc(CCC(=O)O)s1. The Labute approximate surface area is 256 Å². The largest absolute Gasteiger partial charge is 0.481 e. The van der Waals surface area contributed by atoms with Gasteiger partial charge in [0.15, 0.2) is 10.9 Å². The number of nitrogens with zero attached hydrogens (tertiary/aromatic N) is 4. The molecule has 3 heterocycles. The first kappa shape index (κ1) is 30.6. The number of hydrogen-bond donors (Lipinski definition) is 2. The van der Waals surface area contributed by atoms with Gasteiger partial charge in [-0.1, -0.05) is 29.8 Å². The minimum absolute atomic E-state index is 0.0297. The van der Waals surface area contributed by atoms with Crippen LogP contribution < -0.4 is 10.2 Å². The summed E-state index contributed by atoms with van der Waals surface area (Å²) in [6.45, 7) is 0.617. The summed E-state index contributed by atoms with van der Waals surface area (Å²) < 4.78 is 17.0. The predicted octanol–water partition coefficient (Wildman–Crippen LogP) is 5.30. The molecule has 226 valence electrons. The fourth-order valence-corrected chi connectivity index (χ4v) is 6.53. The van der Waals surface area contributed by atoms with Crippen LogP contribution in [0.3, 0.4) is 0 Å². The number of carbonyl (C=O) groups is 3. The van der Waals surface area contributed by atoms with E-state index in [1.165, 1.54) is 24.5 Å². The maximum absolute atomic E-state index is 15.2. The lowest BCUT2D eigenvalue weighted by molar-refractivity contribution is -0.166. The quantitative estimate of drug-likeness (QED) is 0.203. The number of carboxylic acid groups (broad SMARTS) is 1. The van der Waals surface area contributed by atoms with E-state index in [1.807, 2.05) is 40.8 Å². The second-order valence-electron chi connectivity index (χ2n) is 10.3. The third-order valence-corrected chi connectivity index (χ3v) is 8.81. The molecule has 5 rings (SSSR count). The fraction of sp³-hybridized carbons (Fsp3) is 0.333. The highest BCUT2D eigenvalue weighted by Crippen LogP contribution is 2.32. The molecule has 1 saturated heterocycles. The number of hydroxylamine groups is 2. The fourth-order valence-electron chi connectivity index (χ4n) is 5.31. The molecule has 0 saturated carbocycles. The number of fused-ring (bicyclic) bond motifs is 1. The number of thiazole rings is 1. The molecule has 0 spiro atoms. The molecule has 0 bridgehead atoms. The van der Waals surface area contributed by atoms with E-state index in [2.05, 4.69) is 10.3 Å². The van der Waals surface area contributed by atoms with Crippen LogP contribution in [0.25, 0.3) is 10.9 Å². The van der Waals surface area contributed by atoms with Crippen molar-refractivity contribution >= 4 is 62.3 Å². The Bertz CT molecular complexity index is 1670. The molecule has 1 fully saturated rings. The van der Waals surface area contributed by atoms with Gasteiger partial charge in [-0.2, -0.15) is 5.06 Å². The summed E-state index contributed by atoms with van der Waals surface area (Å²) in [6, 6.07) is 9.96. The van der Waals surface area contributed by atoms with E-state index in [0.29, 0.717) is 18.5 Å². The van der Waals surface area contributed by atoms with Crippen molar-refractivity contribution in [1.29, 1.82) is 0 Å². The van der Waals surface area contributed by atoms with Crippen molar-refractivity contribution in [2.24, 2.45) is 7.05 Å². The van der Waals surface area contributed by atoms with Gasteiger partial charge in [-0.05, 0) is 43.0 Å².